The molecule has 0 bridgehead atoms. The van der Waals surface area contributed by atoms with Crippen molar-refractivity contribution in [2.75, 3.05) is 24.2 Å². The number of methoxy groups -OCH3 is 1. The van der Waals surface area contributed by atoms with Gasteiger partial charge in [0.05, 0.1) is 29.1 Å². The minimum atomic E-state index is -3.60. The van der Waals surface area contributed by atoms with Crippen LogP contribution in [0.1, 0.15) is 45.6 Å². The molecule has 204 valence electrons. The third-order valence-electron chi connectivity index (χ3n) is 6.00. The van der Waals surface area contributed by atoms with E-state index in [4.69, 9.17) is 27.9 Å². The van der Waals surface area contributed by atoms with Gasteiger partial charge in [-0.25, -0.2) is 8.42 Å². The molecule has 2 unspecified atom stereocenters. The summed E-state index contributed by atoms with van der Waals surface area (Å²) < 4.78 is 31.4. The lowest BCUT2D eigenvalue weighted by Gasteiger charge is -2.30. The van der Waals surface area contributed by atoms with E-state index in [1.807, 2.05) is 13.8 Å². The van der Waals surface area contributed by atoms with Crippen molar-refractivity contribution >= 4 is 50.7 Å². The molecule has 0 aliphatic heterocycles. The zero-order valence-corrected chi connectivity index (χ0v) is 24.2. The summed E-state index contributed by atoms with van der Waals surface area (Å²) in [6, 6.07) is 11.0. The maximum atomic E-state index is 13.4. The fraction of sp³-hybridized carbons (Fsp3) is 0.462. The first-order chi connectivity index (χ1) is 17.4. The molecule has 2 aromatic carbocycles. The summed E-state index contributed by atoms with van der Waals surface area (Å²) in [5.41, 5.74) is 1.17. The number of halogens is 2. The predicted octanol–water partition coefficient (Wildman–Crippen LogP) is 4.88. The van der Waals surface area contributed by atoms with Crippen LogP contribution in [-0.2, 0) is 26.2 Å². The summed E-state index contributed by atoms with van der Waals surface area (Å²) in [7, 11) is -2.10. The molecule has 0 saturated heterocycles. The Morgan fingerprint density at radius 3 is 2.38 bits per heavy atom. The highest BCUT2D eigenvalue weighted by molar-refractivity contribution is 7.92. The average molecular weight is 573 g/mol. The molecule has 2 rings (SSSR count). The van der Waals surface area contributed by atoms with Crippen LogP contribution < -0.4 is 14.4 Å². The first-order valence-electron chi connectivity index (χ1n) is 12.0. The number of nitrogens with zero attached hydrogens (tertiary/aromatic N) is 2. The highest BCUT2D eigenvalue weighted by Crippen LogP contribution is 2.25. The van der Waals surface area contributed by atoms with Crippen LogP contribution in [0.5, 0.6) is 5.75 Å². The lowest BCUT2D eigenvalue weighted by molar-refractivity contribution is -0.140. The summed E-state index contributed by atoms with van der Waals surface area (Å²) in [6.45, 7) is 5.77. The van der Waals surface area contributed by atoms with Gasteiger partial charge in [0, 0.05) is 31.6 Å². The number of anilines is 1. The largest absolute Gasteiger partial charge is 0.497 e. The van der Waals surface area contributed by atoms with Gasteiger partial charge in [0.1, 0.15) is 11.8 Å². The fourth-order valence-electron chi connectivity index (χ4n) is 3.65. The second-order valence-electron chi connectivity index (χ2n) is 8.90. The molecular weight excluding hydrogens is 537 g/mol. The van der Waals surface area contributed by atoms with E-state index in [1.165, 1.54) is 16.3 Å². The van der Waals surface area contributed by atoms with Crippen molar-refractivity contribution in [3.05, 3.63) is 58.1 Å². The van der Waals surface area contributed by atoms with Gasteiger partial charge in [0.15, 0.2) is 0 Å². The van der Waals surface area contributed by atoms with E-state index in [-0.39, 0.29) is 43.8 Å². The van der Waals surface area contributed by atoms with Crippen molar-refractivity contribution in [1.29, 1.82) is 0 Å². The molecule has 0 aliphatic rings. The van der Waals surface area contributed by atoms with E-state index in [1.54, 1.807) is 49.4 Å². The average Bonchev–Trinajstić information content (AvgIpc) is 2.85. The van der Waals surface area contributed by atoms with Gasteiger partial charge in [0.2, 0.25) is 21.8 Å². The van der Waals surface area contributed by atoms with E-state index in [9.17, 15) is 18.0 Å². The first kappa shape index (κ1) is 30.7. The van der Waals surface area contributed by atoms with Gasteiger partial charge >= 0.3 is 0 Å². The molecule has 0 fully saturated rings. The summed E-state index contributed by atoms with van der Waals surface area (Å²) >= 11 is 12.2. The molecule has 37 heavy (non-hydrogen) atoms. The Morgan fingerprint density at radius 2 is 1.78 bits per heavy atom. The van der Waals surface area contributed by atoms with Crippen LogP contribution >= 0.6 is 23.2 Å². The first-order valence-corrected chi connectivity index (χ1v) is 14.6. The Bertz CT molecular complexity index is 1190. The number of rotatable bonds is 13. The van der Waals surface area contributed by atoms with Crippen molar-refractivity contribution in [2.45, 2.75) is 58.7 Å². The molecule has 8 nitrogen and oxygen atoms in total. The van der Waals surface area contributed by atoms with Gasteiger partial charge in [-0.05, 0) is 56.5 Å². The van der Waals surface area contributed by atoms with Crippen LogP contribution in [-0.4, -0.2) is 57.1 Å². The predicted molar refractivity (Wildman–Crippen MR) is 149 cm³/mol. The normalized spacial score (nSPS) is 12.9. The van der Waals surface area contributed by atoms with Gasteiger partial charge in [-0.15, -0.1) is 0 Å². The zero-order chi connectivity index (χ0) is 27.8. The third kappa shape index (κ3) is 9.09. The Morgan fingerprint density at radius 1 is 1.08 bits per heavy atom. The van der Waals surface area contributed by atoms with Crippen molar-refractivity contribution in [3.63, 3.8) is 0 Å². The molecule has 2 aromatic rings. The van der Waals surface area contributed by atoms with E-state index in [2.05, 4.69) is 5.32 Å². The lowest BCUT2D eigenvalue weighted by atomic mass is 10.1. The number of sulfonamides is 1. The minimum absolute atomic E-state index is 0.0388. The zero-order valence-electron chi connectivity index (χ0n) is 21.8. The van der Waals surface area contributed by atoms with Gasteiger partial charge in [-0.2, -0.15) is 0 Å². The Hall–Kier alpha value is -2.49. The van der Waals surface area contributed by atoms with Gasteiger partial charge in [0.25, 0.3) is 0 Å². The number of amides is 2. The SMILES string of the molecule is CCC(C)NC(=O)C(C)N(Cc1ccc(Cl)c(Cl)c1)C(=O)CCCN(c1cccc(OC)c1)S(C)(=O)=O. The van der Waals surface area contributed by atoms with E-state index in [0.29, 0.717) is 21.5 Å². The summed E-state index contributed by atoms with van der Waals surface area (Å²) in [4.78, 5) is 27.7. The van der Waals surface area contributed by atoms with Crippen molar-refractivity contribution in [3.8, 4) is 5.75 Å². The molecule has 0 saturated carbocycles. The molecule has 11 heteroatoms. The fourth-order valence-corrected chi connectivity index (χ4v) is 4.93. The number of hydrogen-bond donors (Lipinski definition) is 1. The third-order valence-corrected chi connectivity index (χ3v) is 7.93. The van der Waals surface area contributed by atoms with E-state index >= 15 is 0 Å². The monoisotopic (exact) mass is 571 g/mol. The topological polar surface area (TPSA) is 96.0 Å². The molecule has 0 heterocycles. The quantitative estimate of drug-likeness (QED) is 0.369. The van der Waals surface area contributed by atoms with Crippen LogP contribution in [0.4, 0.5) is 5.69 Å². The van der Waals surface area contributed by atoms with Gasteiger partial charge in [-0.1, -0.05) is 42.3 Å². The smallest absolute Gasteiger partial charge is 0.242 e. The van der Waals surface area contributed by atoms with Crippen molar-refractivity contribution < 1.29 is 22.7 Å². The summed E-state index contributed by atoms with van der Waals surface area (Å²) in [5, 5.41) is 3.66. The number of carbonyl (C=O) groups excluding carboxylic acids is 2. The second kappa shape index (κ2) is 13.9. The molecule has 0 radical (unpaired) electrons. The number of carbonyl (C=O) groups is 2. The van der Waals surface area contributed by atoms with Crippen molar-refractivity contribution in [2.24, 2.45) is 0 Å². The Labute approximate surface area is 229 Å². The second-order valence-corrected chi connectivity index (χ2v) is 11.6. The summed E-state index contributed by atoms with van der Waals surface area (Å²) in [5.74, 6) is -0.0231. The molecule has 1 N–H and O–H groups in total. The molecule has 0 spiro atoms. The minimum Gasteiger partial charge on any atom is -0.497 e. The summed E-state index contributed by atoms with van der Waals surface area (Å²) in [6.07, 6.45) is 2.16. The number of nitrogens with one attached hydrogen (secondary N) is 1. The standard InChI is InChI=1S/C26H35Cl2N3O5S/c1-6-18(2)29-26(33)19(3)30(17-20-12-13-23(27)24(28)15-20)25(32)11-8-14-31(37(5,34)35)21-9-7-10-22(16-21)36-4/h7,9-10,12-13,15-16,18-19H,6,8,11,14,17H2,1-5H3,(H,29,33). The van der Waals surface area contributed by atoms with Gasteiger partial charge in [-0.3, -0.25) is 13.9 Å². The van der Waals surface area contributed by atoms with E-state index in [0.717, 1.165) is 18.2 Å². The Balaban J connectivity index is 2.21. The molecule has 0 aliphatic carbocycles. The number of hydrogen-bond acceptors (Lipinski definition) is 5. The maximum absolute atomic E-state index is 13.4. The van der Waals surface area contributed by atoms with Crippen LogP contribution in [0.3, 0.4) is 0 Å². The molecular formula is C26H35Cl2N3O5S. The van der Waals surface area contributed by atoms with Gasteiger partial charge < -0.3 is 15.0 Å². The maximum Gasteiger partial charge on any atom is 0.242 e. The number of ether oxygens (including phenoxy) is 1. The van der Waals surface area contributed by atoms with Crippen LogP contribution in [0, 0.1) is 0 Å². The molecule has 2 atom stereocenters. The Kier molecular flexibility index (Phi) is 11.5. The van der Waals surface area contributed by atoms with Crippen LogP contribution in [0.15, 0.2) is 42.5 Å². The highest BCUT2D eigenvalue weighted by Gasteiger charge is 2.27. The highest BCUT2D eigenvalue weighted by atomic mass is 35.5. The van der Waals surface area contributed by atoms with Crippen LogP contribution in [0.2, 0.25) is 10.0 Å². The van der Waals surface area contributed by atoms with Crippen molar-refractivity contribution in [1.82, 2.24) is 10.2 Å². The van der Waals surface area contributed by atoms with Crippen LogP contribution in [0.25, 0.3) is 0 Å². The molecule has 2 amide bonds. The molecule has 0 aromatic heterocycles. The lowest BCUT2D eigenvalue weighted by Crippen LogP contribution is -2.49. The number of benzene rings is 2. The van der Waals surface area contributed by atoms with E-state index < -0.39 is 16.1 Å².